The summed E-state index contributed by atoms with van der Waals surface area (Å²) < 4.78 is 6.81. The summed E-state index contributed by atoms with van der Waals surface area (Å²) in [6.45, 7) is 0. The van der Waals surface area contributed by atoms with Crippen molar-refractivity contribution in [3.8, 4) is 62.2 Å². The molecule has 0 saturated heterocycles. The van der Waals surface area contributed by atoms with Gasteiger partial charge < -0.3 is 4.74 Å². The van der Waals surface area contributed by atoms with Crippen molar-refractivity contribution in [2.45, 2.75) is 11.5 Å². The normalized spacial score (nSPS) is 16.6. The van der Waals surface area contributed by atoms with E-state index in [0.717, 1.165) is 38.8 Å². The van der Waals surface area contributed by atoms with E-state index >= 15 is 0 Å². The SMILES string of the molecule is C1=CC2Oc3ccccc3C3(c4ccccc4-c4ccccc43)C2C=C1c1ccc(-c2nc(-c3ccccc3)nc(-c3ccc(-c4ccccc4)c4ccccc34)n2)cc1. The van der Waals surface area contributed by atoms with Crippen molar-refractivity contribution in [1.82, 2.24) is 15.0 Å². The Bertz CT molecular complexity index is 3140. The van der Waals surface area contributed by atoms with E-state index < -0.39 is 5.41 Å². The van der Waals surface area contributed by atoms with Crippen LogP contribution in [0.25, 0.3) is 72.8 Å². The summed E-state index contributed by atoms with van der Waals surface area (Å²) in [5, 5.41) is 2.25. The molecule has 0 N–H and O–H groups in total. The molecule has 9 aromatic rings. The van der Waals surface area contributed by atoms with Crippen molar-refractivity contribution in [3.05, 3.63) is 235 Å². The first kappa shape index (κ1) is 34.4. The summed E-state index contributed by atoms with van der Waals surface area (Å²) in [5.41, 5.74) is 13.5. The monoisotopic (exact) mass is 767 g/mol. The minimum absolute atomic E-state index is 0.0273. The Hall–Kier alpha value is -7.69. The lowest BCUT2D eigenvalue weighted by molar-refractivity contribution is 0.142. The van der Waals surface area contributed by atoms with E-state index in [9.17, 15) is 0 Å². The Morgan fingerprint density at radius 2 is 0.883 bits per heavy atom. The fourth-order valence-corrected chi connectivity index (χ4v) is 9.99. The molecule has 12 rings (SSSR count). The number of hydrogen-bond donors (Lipinski definition) is 0. The highest BCUT2D eigenvalue weighted by atomic mass is 16.5. The second-order valence-corrected chi connectivity index (χ2v) is 15.8. The van der Waals surface area contributed by atoms with Gasteiger partial charge in [0.1, 0.15) is 11.9 Å². The third kappa shape index (κ3) is 5.27. The van der Waals surface area contributed by atoms with E-state index in [4.69, 9.17) is 19.7 Å². The summed E-state index contributed by atoms with van der Waals surface area (Å²) in [6.07, 6.45) is 6.81. The first-order valence-electron chi connectivity index (χ1n) is 20.6. The molecule has 60 heavy (non-hydrogen) atoms. The van der Waals surface area contributed by atoms with Crippen LogP contribution in [0.2, 0.25) is 0 Å². The molecule has 2 aliphatic carbocycles. The molecule has 0 amide bonds. The summed E-state index contributed by atoms with van der Waals surface area (Å²) in [7, 11) is 0. The van der Waals surface area contributed by atoms with Crippen LogP contribution in [0.4, 0.5) is 0 Å². The number of rotatable bonds is 5. The molecule has 1 aliphatic heterocycles. The van der Waals surface area contributed by atoms with Crippen LogP contribution in [-0.4, -0.2) is 21.1 Å². The Balaban J connectivity index is 0.966. The quantitative estimate of drug-likeness (QED) is 0.175. The molecule has 2 heterocycles. The number of benzene rings is 8. The first-order valence-corrected chi connectivity index (χ1v) is 20.6. The van der Waals surface area contributed by atoms with E-state index in [0.29, 0.717) is 17.5 Å². The lowest BCUT2D eigenvalue weighted by Crippen LogP contribution is -2.47. The van der Waals surface area contributed by atoms with Crippen LogP contribution in [0, 0.1) is 5.92 Å². The molecule has 4 heteroatoms. The largest absolute Gasteiger partial charge is 0.485 e. The third-order valence-corrected chi connectivity index (χ3v) is 12.6. The zero-order valence-corrected chi connectivity index (χ0v) is 32.6. The number of para-hydroxylation sites is 1. The fraction of sp³-hybridized carbons (Fsp3) is 0.0536. The molecule has 0 radical (unpaired) electrons. The molecule has 1 aromatic heterocycles. The molecular formula is C56H37N3O. The molecule has 2 unspecified atom stereocenters. The van der Waals surface area contributed by atoms with E-state index in [2.05, 4.69) is 194 Å². The van der Waals surface area contributed by atoms with Gasteiger partial charge in [0.15, 0.2) is 17.5 Å². The first-order chi connectivity index (χ1) is 29.7. The highest BCUT2D eigenvalue weighted by molar-refractivity contribution is 6.04. The van der Waals surface area contributed by atoms with Crippen LogP contribution in [0.5, 0.6) is 5.75 Å². The topological polar surface area (TPSA) is 47.9 Å². The lowest BCUT2D eigenvalue weighted by atomic mass is 9.59. The number of aromatic nitrogens is 3. The molecule has 1 spiro atoms. The highest BCUT2D eigenvalue weighted by Gasteiger charge is 2.56. The molecule has 4 nitrogen and oxygen atoms in total. The van der Waals surface area contributed by atoms with Crippen LogP contribution in [-0.2, 0) is 5.41 Å². The van der Waals surface area contributed by atoms with Gasteiger partial charge in [0.25, 0.3) is 0 Å². The van der Waals surface area contributed by atoms with Crippen LogP contribution in [0.3, 0.4) is 0 Å². The maximum atomic E-state index is 6.81. The summed E-state index contributed by atoms with van der Waals surface area (Å²) in [6, 6.07) is 68.7. The van der Waals surface area contributed by atoms with Gasteiger partial charge in [0.2, 0.25) is 0 Å². The number of ether oxygens (including phenoxy) is 1. The standard InChI is InChI=1S/C56H37N3O/c1-3-15-37(16-4-1)41-32-33-46(43-20-8-7-19-42(41)43)55-58-53(38-17-5-2-6-18-38)57-54(59-55)39-29-27-36(28-30-39)40-31-34-52-50(35-40)56(49-25-13-14-26-51(49)60-52)47-23-11-9-21-44(47)45-22-10-12-24-48(45)56/h1-35,50,52H. The average molecular weight is 768 g/mol. The predicted octanol–water partition coefficient (Wildman–Crippen LogP) is 13.0. The number of fused-ring (bicyclic) bond motifs is 10. The van der Waals surface area contributed by atoms with Gasteiger partial charge in [-0.15, -0.1) is 0 Å². The van der Waals surface area contributed by atoms with Crippen LogP contribution < -0.4 is 4.74 Å². The van der Waals surface area contributed by atoms with E-state index in [1.165, 1.54) is 44.5 Å². The van der Waals surface area contributed by atoms with Crippen molar-refractivity contribution in [2.75, 3.05) is 0 Å². The van der Waals surface area contributed by atoms with Gasteiger partial charge in [-0.3, -0.25) is 0 Å². The van der Waals surface area contributed by atoms with Crippen molar-refractivity contribution in [1.29, 1.82) is 0 Å². The van der Waals surface area contributed by atoms with E-state index in [1.54, 1.807) is 0 Å². The van der Waals surface area contributed by atoms with Gasteiger partial charge in [0.05, 0.1) is 5.41 Å². The molecule has 0 saturated carbocycles. The molecule has 8 aromatic carbocycles. The molecule has 282 valence electrons. The highest BCUT2D eigenvalue weighted by Crippen LogP contribution is 2.62. The van der Waals surface area contributed by atoms with Gasteiger partial charge in [-0.2, -0.15) is 0 Å². The molecule has 2 atom stereocenters. The number of nitrogens with zero attached hydrogens (tertiary/aromatic N) is 3. The van der Waals surface area contributed by atoms with Crippen molar-refractivity contribution in [2.24, 2.45) is 5.92 Å². The van der Waals surface area contributed by atoms with Crippen molar-refractivity contribution >= 4 is 16.3 Å². The van der Waals surface area contributed by atoms with Crippen molar-refractivity contribution < 1.29 is 4.74 Å². The maximum Gasteiger partial charge on any atom is 0.164 e. The zero-order chi connectivity index (χ0) is 39.6. The lowest BCUT2D eigenvalue weighted by Gasteiger charge is -2.47. The van der Waals surface area contributed by atoms with Gasteiger partial charge >= 0.3 is 0 Å². The van der Waals surface area contributed by atoms with Crippen LogP contribution >= 0.6 is 0 Å². The zero-order valence-electron chi connectivity index (χ0n) is 32.6. The Morgan fingerprint density at radius 1 is 0.383 bits per heavy atom. The molecule has 0 bridgehead atoms. The summed E-state index contributed by atoms with van der Waals surface area (Å²) in [5.74, 6) is 2.88. The molecular weight excluding hydrogens is 731 g/mol. The second-order valence-electron chi connectivity index (χ2n) is 15.8. The van der Waals surface area contributed by atoms with Gasteiger partial charge in [-0.25, -0.2) is 15.0 Å². The smallest absolute Gasteiger partial charge is 0.164 e. The van der Waals surface area contributed by atoms with E-state index in [-0.39, 0.29) is 12.0 Å². The van der Waals surface area contributed by atoms with E-state index in [1.807, 2.05) is 18.2 Å². The Labute approximate surface area is 348 Å². The summed E-state index contributed by atoms with van der Waals surface area (Å²) in [4.78, 5) is 15.4. The van der Waals surface area contributed by atoms with Gasteiger partial charge in [-0.05, 0) is 73.5 Å². The minimum Gasteiger partial charge on any atom is -0.485 e. The average Bonchev–Trinajstić information content (AvgIpc) is 3.62. The Kier molecular flexibility index (Phi) is 7.85. The number of allylic oxidation sites excluding steroid dienone is 2. The Morgan fingerprint density at radius 3 is 1.57 bits per heavy atom. The van der Waals surface area contributed by atoms with Crippen molar-refractivity contribution in [3.63, 3.8) is 0 Å². The van der Waals surface area contributed by atoms with Gasteiger partial charge in [-0.1, -0.05) is 194 Å². The van der Waals surface area contributed by atoms with Crippen LogP contribution in [0.1, 0.15) is 22.3 Å². The maximum absolute atomic E-state index is 6.81. The van der Waals surface area contributed by atoms with Gasteiger partial charge in [0, 0.05) is 28.2 Å². The molecule has 3 aliphatic rings. The minimum atomic E-state index is -0.402. The van der Waals surface area contributed by atoms with Crippen LogP contribution in [0.15, 0.2) is 212 Å². The molecule has 0 fully saturated rings. The summed E-state index contributed by atoms with van der Waals surface area (Å²) >= 11 is 0. The predicted molar refractivity (Wildman–Crippen MR) is 242 cm³/mol. The third-order valence-electron chi connectivity index (χ3n) is 12.6. The number of hydrogen-bond acceptors (Lipinski definition) is 4. The second kappa shape index (κ2) is 13.7. The fourth-order valence-electron chi connectivity index (χ4n) is 9.99.